The third-order valence-corrected chi connectivity index (χ3v) is 7.49. The second kappa shape index (κ2) is 7.46. The highest BCUT2D eigenvalue weighted by Crippen LogP contribution is 2.36. The highest BCUT2D eigenvalue weighted by molar-refractivity contribution is 7.13. The zero-order valence-corrected chi connectivity index (χ0v) is 18.1. The van der Waals surface area contributed by atoms with Crippen LogP contribution in [-0.4, -0.2) is 50.6 Å². The van der Waals surface area contributed by atoms with Gasteiger partial charge in [0.2, 0.25) is 0 Å². The van der Waals surface area contributed by atoms with E-state index in [0.717, 1.165) is 31.7 Å². The van der Waals surface area contributed by atoms with Gasteiger partial charge in [-0.3, -0.25) is 4.79 Å². The Morgan fingerprint density at radius 1 is 1.29 bits per heavy atom. The molecule has 2 saturated heterocycles. The van der Waals surface area contributed by atoms with Gasteiger partial charge in [-0.25, -0.2) is 9.50 Å². The molecular weight excluding hydrogens is 451 g/mol. The summed E-state index contributed by atoms with van der Waals surface area (Å²) in [4.78, 5) is 20.1. The van der Waals surface area contributed by atoms with Gasteiger partial charge in [0.05, 0.1) is 10.6 Å². The first kappa shape index (κ1) is 20.7. The Hall–Kier alpha value is -2.17. The fourth-order valence-electron chi connectivity index (χ4n) is 4.67. The summed E-state index contributed by atoms with van der Waals surface area (Å²) in [6.45, 7) is 0. The number of hydrogen-bond donors (Lipinski definition) is 1. The third-order valence-electron chi connectivity index (χ3n) is 6.25. The summed E-state index contributed by atoms with van der Waals surface area (Å²) < 4.78 is 41.9. The Morgan fingerprint density at radius 2 is 2.00 bits per heavy atom. The van der Waals surface area contributed by atoms with Crippen molar-refractivity contribution in [3.63, 3.8) is 0 Å². The van der Waals surface area contributed by atoms with E-state index in [0.29, 0.717) is 21.5 Å². The van der Waals surface area contributed by atoms with Gasteiger partial charge in [0, 0.05) is 18.1 Å². The fourth-order valence-corrected chi connectivity index (χ4v) is 5.60. The quantitative estimate of drug-likeness (QED) is 0.614. The molecule has 2 aliphatic rings. The maximum atomic E-state index is 13.8. The minimum absolute atomic E-state index is 0.0567. The summed E-state index contributed by atoms with van der Waals surface area (Å²) in [5, 5.41) is 8.41. The third kappa shape index (κ3) is 3.60. The summed E-state index contributed by atoms with van der Waals surface area (Å²) in [5.74, 6) is -0.574. The van der Waals surface area contributed by atoms with Crippen LogP contribution in [-0.2, 0) is 6.18 Å². The Balaban J connectivity index is 1.51. The van der Waals surface area contributed by atoms with Crippen LogP contribution >= 0.6 is 22.9 Å². The lowest BCUT2D eigenvalue weighted by molar-refractivity contribution is -0.142. The van der Waals surface area contributed by atoms with Gasteiger partial charge in [-0.1, -0.05) is 17.7 Å². The Morgan fingerprint density at radius 3 is 2.61 bits per heavy atom. The van der Waals surface area contributed by atoms with Crippen molar-refractivity contribution in [3.05, 3.63) is 40.0 Å². The molecule has 3 aromatic heterocycles. The number of piperidine rings is 1. The molecule has 0 radical (unpaired) electrons. The van der Waals surface area contributed by atoms with Crippen molar-refractivity contribution in [3.8, 4) is 10.6 Å². The van der Waals surface area contributed by atoms with Gasteiger partial charge < -0.3 is 10.2 Å². The molecule has 0 aliphatic carbocycles. The normalized spacial score (nSPS) is 24.1. The van der Waals surface area contributed by atoms with Crippen LogP contribution in [0, 0.1) is 0 Å². The lowest BCUT2D eigenvalue weighted by Crippen LogP contribution is -2.48. The standard InChI is InChI=1S/C20H19ClF3N5OS/c1-28-11-4-5-12(28)8-10(7-11)25-19(30)17-16(21)18-26-13(14-3-2-6-31-14)9-15(20(22,23)24)29(18)27-17/h2-3,6,9-12H,4-5,7-8H2,1H3,(H,25,30)/t11-,12-/m0/s1. The molecule has 1 N–H and O–H groups in total. The summed E-state index contributed by atoms with van der Waals surface area (Å²) in [7, 11) is 2.09. The molecule has 6 nitrogen and oxygen atoms in total. The number of carbonyl (C=O) groups is 1. The average molecular weight is 470 g/mol. The van der Waals surface area contributed by atoms with E-state index in [-0.39, 0.29) is 28.1 Å². The number of fused-ring (bicyclic) bond motifs is 3. The molecule has 2 fully saturated rings. The zero-order chi connectivity index (χ0) is 21.9. The molecular formula is C20H19ClF3N5OS. The van der Waals surface area contributed by atoms with E-state index in [2.05, 4.69) is 27.3 Å². The van der Waals surface area contributed by atoms with Crippen LogP contribution in [0.25, 0.3) is 16.2 Å². The van der Waals surface area contributed by atoms with Crippen molar-refractivity contribution in [2.45, 2.75) is 50.0 Å². The van der Waals surface area contributed by atoms with Crippen molar-refractivity contribution >= 4 is 34.5 Å². The molecule has 0 saturated carbocycles. The van der Waals surface area contributed by atoms with Crippen LogP contribution in [0.2, 0.25) is 5.02 Å². The van der Waals surface area contributed by atoms with E-state index < -0.39 is 17.8 Å². The van der Waals surface area contributed by atoms with Gasteiger partial charge in [0.15, 0.2) is 17.0 Å². The summed E-state index contributed by atoms with van der Waals surface area (Å²) in [6, 6.07) is 5.10. The Kier molecular flexibility index (Phi) is 4.98. The van der Waals surface area contributed by atoms with Gasteiger partial charge >= 0.3 is 6.18 Å². The number of rotatable bonds is 3. The van der Waals surface area contributed by atoms with Crippen LogP contribution in [0.4, 0.5) is 13.2 Å². The monoisotopic (exact) mass is 469 g/mol. The Labute approximate surface area is 185 Å². The molecule has 0 unspecified atom stereocenters. The highest BCUT2D eigenvalue weighted by Gasteiger charge is 2.40. The number of hydrogen-bond acceptors (Lipinski definition) is 5. The molecule has 1 amide bonds. The summed E-state index contributed by atoms with van der Waals surface area (Å²) in [6.07, 6.45) is -0.903. The molecule has 31 heavy (non-hydrogen) atoms. The number of carbonyl (C=O) groups excluding carboxylic acids is 1. The van der Waals surface area contributed by atoms with E-state index in [1.807, 2.05) is 0 Å². The van der Waals surface area contributed by atoms with E-state index in [1.165, 1.54) is 11.3 Å². The first-order valence-electron chi connectivity index (χ1n) is 9.95. The molecule has 2 aliphatic heterocycles. The number of nitrogens with one attached hydrogen (secondary N) is 1. The number of amides is 1. The minimum Gasteiger partial charge on any atom is -0.348 e. The SMILES string of the molecule is CN1[C@H]2CC[C@H]1CC(NC(=O)c1nn3c(C(F)(F)F)cc(-c4cccs4)nc3c1Cl)C2. The molecule has 0 spiro atoms. The topological polar surface area (TPSA) is 62.5 Å². The fraction of sp³-hybridized carbons (Fsp3) is 0.450. The van der Waals surface area contributed by atoms with E-state index in [4.69, 9.17) is 11.6 Å². The smallest absolute Gasteiger partial charge is 0.348 e. The van der Waals surface area contributed by atoms with Gasteiger partial charge in [0.1, 0.15) is 5.02 Å². The van der Waals surface area contributed by atoms with Crippen LogP contribution in [0.15, 0.2) is 23.6 Å². The molecule has 3 aromatic rings. The van der Waals surface area contributed by atoms with Crippen molar-refractivity contribution in [1.82, 2.24) is 24.8 Å². The number of halogens is 4. The van der Waals surface area contributed by atoms with Gasteiger partial charge in [-0.05, 0) is 50.2 Å². The van der Waals surface area contributed by atoms with Crippen molar-refractivity contribution in [2.75, 3.05) is 7.05 Å². The van der Waals surface area contributed by atoms with Crippen LogP contribution in [0.3, 0.4) is 0 Å². The number of thiophene rings is 1. The van der Waals surface area contributed by atoms with Crippen molar-refractivity contribution in [1.29, 1.82) is 0 Å². The molecule has 5 rings (SSSR count). The lowest BCUT2D eigenvalue weighted by Gasteiger charge is -2.36. The van der Waals surface area contributed by atoms with Crippen LogP contribution < -0.4 is 5.32 Å². The first-order valence-corrected chi connectivity index (χ1v) is 11.2. The predicted molar refractivity (Wildman–Crippen MR) is 111 cm³/mol. The number of nitrogens with zero attached hydrogens (tertiary/aromatic N) is 4. The molecule has 164 valence electrons. The molecule has 0 aromatic carbocycles. The second-order valence-electron chi connectivity index (χ2n) is 8.09. The van der Waals surface area contributed by atoms with Crippen molar-refractivity contribution < 1.29 is 18.0 Å². The molecule has 2 bridgehead atoms. The second-order valence-corrected chi connectivity index (χ2v) is 9.42. The van der Waals surface area contributed by atoms with Crippen LogP contribution in [0.5, 0.6) is 0 Å². The van der Waals surface area contributed by atoms with E-state index in [9.17, 15) is 18.0 Å². The predicted octanol–water partition coefficient (Wildman–Crippen LogP) is 4.49. The molecule has 11 heteroatoms. The number of aromatic nitrogens is 3. The largest absolute Gasteiger partial charge is 0.433 e. The first-order chi connectivity index (χ1) is 14.7. The maximum Gasteiger partial charge on any atom is 0.433 e. The Bertz CT molecular complexity index is 1130. The van der Waals surface area contributed by atoms with Crippen molar-refractivity contribution in [2.24, 2.45) is 0 Å². The zero-order valence-electron chi connectivity index (χ0n) is 16.5. The summed E-state index contributed by atoms with van der Waals surface area (Å²) >= 11 is 7.61. The minimum atomic E-state index is -4.69. The highest BCUT2D eigenvalue weighted by atomic mass is 35.5. The molecule has 5 heterocycles. The van der Waals surface area contributed by atoms with Gasteiger partial charge in [-0.2, -0.15) is 18.3 Å². The van der Waals surface area contributed by atoms with E-state index >= 15 is 0 Å². The van der Waals surface area contributed by atoms with Crippen LogP contribution in [0.1, 0.15) is 41.9 Å². The lowest BCUT2D eigenvalue weighted by atomic mass is 9.98. The molecule has 2 atom stereocenters. The number of alkyl halides is 3. The van der Waals surface area contributed by atoms with Gasteiger partial charge in [-0.15, -0.1) is 11.3 Å². The average Bonchev–Trinajstić information content (AvgIpc) is 3.39. The summed E-state index contributed by atoms with van der Waals surface area (Å²) in [5.41, 5.74) is -1.32. The van der Waals surface area contributed by atoms with Gasteiger partial charge in [0.25, 0.3) is 5.91 Å². The van der Waals surface area contributed by atoms with E-state index in [1.54, 1.807) is 17.5 Å². The maximum absolute atomic E-state index is 13.8.